The molecule has 0 saturated heterocycles. The Morgan fingerprint density at radius 3 is 1.69 bits per heavy atom. The zero-order valence-corrected chi connectivity index (χ0v) is 10.4. The minimum Gasteiger partial charge on any atom is -0.393 e. The zero-order chi connectivity index (χ0) is 11.4. The normalized spacial score (nSPS) is 40.9. The van der Waals surface area contributed by atoms with Gasteiger partial charge in [0.15, 0.2) is 0 Å². The summed E-state index contributed by atoms with van der Waals surface area (Å²) in [5.41, 5.74) is 6.96. The summed E-state index contributed by atoms with van der Waals surface area (Å²) in [5, 5.41) is 9.42. The SMILES string of the molecule is CC1CCC(NNC2CCC(O)CC2)CC1. The molecule has 2 fully saturated rings. The fourth-order valence-corrected chi connectivity index (χ4v) is 2.86. The Kier molecular flexibility index (Phi) is 4.62. The molecule has 3 nitrogen and oxygen atoms in total. The van der Waals surface area contributed by atoms with E-state index in [1.807, 2.05) is 0 Å². The number of nitrogens with one attached hydrogen (secondary N) is 2. The van der Waals surface area contributed by atoms with Crippen molar-refractivity contribution in [3.63, 3.8) is 0 Å². The van der Waals surface area contributed by atoms with Crippen molar-refractivity contribution in [1.82, 2.24) is 10.9 Å². The molecule has 0 spiro atoms. The molecule has 0 amide bonds. The lowest BCUT2D eigenvalue weighted by Gasteiger charge is -2.31. The maximum absolute atomic E-state index is 9.42. The Hall–Kier alpha value is -0.120. The van der Waals surface area contributed by atoms with Crippen LogP contribution < -0.4 is 10.9 Å². The first-order valence-electron chi connectivity index (χ1n) is 6.93. The first-order valence-corrected chi connectivity index (χ1v) is 6.93. The average Bonchev–Trinajstić information content (AvgIpc) is 2.30. The highest BCUT2D eigenvalue weighted by Crippen LogP contribution is 2.23. The van der Waals surface area contributed by atoms with Crippen molar-refractivity contribution in [1.29, 1.82) is 0 Å². The average molecular weight is 226 g/mol. The third-order valence-corrected chi connectivity index (χ3v) is 4.20. The maximum atomic E-state index is 9.42. The Labute approximate surface area is 99.0 Å². The van der Waals surface area contributed by atoms with Crippen LogP contribution in [0.1, 0.15) is 58.3 Å². The summed E-state index contributed by atoms with van der Waals surface area (Å²) in [4.78, 5) is 0. The van der Waals surface area contributed by atoms with Crippen molar-refractivity contribution in [3.8, 4) is 0 Å². The Balaban J connectivity index is 1.60. The molecule has 0 unspecified atom stereocenters. The number of hydrazine groups is 1. The van der Waals surface area contributed by atoms with Gasteiger partial charge < -0.3 is 5.11 Å². The van der Waals surface area contributed by atoms with Crippen LogP contribution >= 0.6 is 0 Å². The molecule has 0 atom stereocenters. The lowest BCUT2D eigenvalue weighted by molar-refractivity contribution is 0.110. The fourth-order valence-electron chi connectivity index (χ4n) is 2.86. The summed E-state index contributed by atoms with van der Waals surface area (Å²) < 4.78 is 0. The molecule has 2 aliphatic carbocycles. The van der Waals surface area contributed by atoms with Crippen molar-refractivity contribution < 1.29 is 5.11 Å². The zero-order valence-electron chi connectivity index (χ0n) is 10.4. The van der Waals surface area contributed by atoms with Gasteiger partial charge in [0, 0.05) is 12.1 Å². The van der Waals surface area contributed by atoms with E-state index in [9.17, 15) is 5.11 Å². The highest BCUT2D eigenvalue weighted by atomic mass is 16.3. The second-order valence-corrected chi connectivity index (χ2v) is 5.75. The van der Waals surface area contributed by atoms with Crippen molar-refractivity contribution in [2.45, 2.75) is 76.5 Å². The number of hydrogen-bond donors (Lipinski definition) is 3. The highest BCUT2D eigenvalue weighted by Gasteiger charge is 2.21. The minimum absolute atomic E-state index is 0.0476. The third-order valence-electron chi connectivity index (χ3n) is 4.20. The van der Waals surface area contributed by atoms with Crippen molar-refractivity contribution in [2.75, 3.05) is 0 Å². The predicted octanol–water partition coefficient (Wildman–Crippen LogP) is 1.96. The summed E-state index contributed by atoms with van der Waals surface area (Å²) in [6, 6.07) is 1.24. The molecule has 0 radical (unpaired) electrons. The van der Waals surface area contributed by atoms with Crippen LogP contribution in [0.15, 0.2) is 0 Å². The fraction of sp³-hybridized carbons (Fsp3) is 1.00. The van der Waals surface area contributed by atoms with Crippen LogP contribution in [0, 0.1) is 5.92 Å². The Morgan fingerprint density at radius 1 is 0.750 bits per heavy atom. The number of hydrogen-bond acceptors (Lipinski definition) is 3. The quantitative estimate of drug-likeness (QED) is 0.645. The van der Waals surface area contributed by atoms with Gasteiger partial charge >= 0.3 is 0 Å². The molecule has 0 bridgehead atoms. The van der Waals surface area contributed by atoms with Crippen molar-refractivity contribution in [3.05, 3.63) is 0 Å². The molecule has 0 aliphatic heterocycles. The van der Waals surface area contributed by atoms with Gasteiger partial charge in [-0.2, -0.15) is 0 Å². The molecule has 2 aliphatic rings. The standard InChI is InChI=1S/C13H26N2O/c1-10-2-4-11(5-3-10)14-15-12-6-8-13(16)9-7-12/h10-16H,2-9H2,1H3. The molecule has 0 aromatic carbocycles. The predicted molar refractivity (Wildman–Crippen MR) is 66.0 cm³/mol. The molecule has 0 heterocycles. The monoisotopic (exact) mass is 226 g/mol. The Bertz CT molecular complexity index is 172. The first kappa shape index (κ1) is 12.3. The van der Waals surface area contributed by atoms with Crippen molar-refractivity contribution >= 4 is 0 Å². The van der Waals surface area contributed by atoms with E-state index >= 15 is 0 Å². The second-order valence-electron chi connectivity index (χ2n) is 5.75. The van der Waals surface area contributed by atoms with E-state index in [-0.39, 0.29) is 6.10 Å². The Morgan fingerprint density at radius 2 is 1.19 bits per heavy atom. The van der Waals surface area contributed by atoms with Crippen LogP contribution in [-0.2, 0) is 0 Å². The van der Waals surface area contributed by atoms with E-state index in [2.05, 4.69) is 17.8 Å². The van der Waals surface area contributed by atoms with Crippen LogP contribution in [0.4, 0.5) is 0 Å². The van der Waals surface area contributed by atoms with Gasteiger partial charge in [-0.25, -0.2) is 0 Å². The minimum atomic E-state index is -0.0476. The lowest BCUT2D eigenvalue weighted by atomic mass is 9.88. The van der Waals surface area contributed by atoms with Gasteiger partial charge in [-0.1, -0.05) is 6.92 Å². The number of aliphatic hydroxyl groups is 1. The van der Waals surface area contributed by atoms with E-state index in [1.165, 1.54) is 25.7 Å². The maximum Gasteiger partial charge on any atom is 0.0541 e. The van der Waals surface area contributed by atoms with E-state index in [1.54, 1.807) is 0 Å². The summed E-state index contributed by atoms with van der Waals surface area (Å²) in [5.74, 6) is 0.919. The topological polar surface area (TPSA) is 44.3 Å². The molecular weight excluding hydrogens is 200 g/mol. The molecular formula is C13H26N2O. The molecule has 16 heavy (non-hydrogen) atoms. The molecule has 3 N–H and O–H groups in total. The van der Waals surface area contributed by atoms with Crippen LogP contribution in [-0.4, -0.2) is 23.3 Å². The molecule has 0 aromatic rings. The van der Waals surface area contributed by atoms with Crippen LogP contribution in [0.5, 0.6) is 0 Å². The lowest BCUT2D eigenvalue weighted by Crippen LogP contribution is -2.49. The van der Waals surface area contributed by atoms with Gasteiger partial charge in [0.25, 0.3) is 0 Å². The van der Waals surface area contributed by atoms with Gasteiger partial charge in [0.2, 0.25) is 0 Å². The van der Waals surface area contributed by atoms with Gasteiger partial charge in [0.1, 0.15) is 0 Å². The molecule has 0 aromatic heterocycles. The van der Waals surface area contributed by atoms with Gasteiger partial charge in [-0.15, -0.1) is 0 Å². The largest absolute Gasteiger partial charge is 0.393 e. The summed E-state index contributed by atoms with van der Waals surface area (Å²) in [6.07, 6.45) is 9.43. The van der Waals surface area contributed by atoms with Crippen LogP contribution in [0.2, 0.25) is 0 Å². The van der Waals surface area contributed by atoms with Gasteiger partial charge in [-0.05, 0) is 57.3 Å². The molecule has 94 valence electrons. The first-order chi connectivity index (χ1) is 7.74. The highest BCUT2D eigenvalue weighted by molar-refractivity contribution is 4.78. The summed E-state index contributed by atoms with van der Waals surface area (Å²) in [7, 11) is 0. The van der Waals surface area contributed by atoms with E-state index in [0.717, 1.165) is 31.6 Å². The molecule has 3 heteroatoms. The van der Waals surface area contributed by atoms with Gasteiger partial charge in [-0.3, -0.25) is 10.9 Å². The second kappa shape index (κ2) is 5.99. The number of rotatable bonds is 3. The smallest absolute Gasteiger partial charge is 0.0541 e. The molecule has 2 saturated carbocycles. The summed E-state index contributed by atoms with van der Waals surface area (Å²) in [6.45, 7) is 2.35. The number of aliphatic hydroxyl groups excluding tert-OH is 1. The van der Waals surface area contributed by atoms with E-state index < -0.39 is 0 Å². The van der Waals surface area contributed by atoms with E-state index in [4.69, 9.17) is 0 Å². The molecule has 2 rings (SSSR count). The van der Waals surface area contributed by atoms with E-state index in [0.29, 0.717) is 12.1 Å². The van der Waals surface area contributed by atoms with Gasteiger partial charge in [0.05, 0.1) is 6.10 Å². The van der Waals surface area contributed by atoms with Crippen LogP contribution in [0.3, 0.4) is 0 Å². The third kappa shape index (κ3) is 3.72. The van der Waals surface area contributed by atoms with Crippen LogP contribution in [0.25, 0.3) is 0 Å². The van der Waals surface area contributed by atoms with Crippen molar-refractivity contribution in [2.24, 2.45) is 5.92 Å². The summed E-state index contributed by atoms with van der Waals surface area (Å²) >= 11 is 0.